The number of hydrogen-bond acceptors (Lipinski definition) is 6. The molecule has 0 aliphatic rings. The zero-order valence-electron chi connectivity index (χ0n) is 11.3. The minimum absolute atomic E-state index is 0.230. The number of nitrogen functional groups attached to an aromatic ring is 1. The molecule has 1 aromatic carbocycles. The number of benzene rings is 1. The highest BCUT2D eigenvalue weighted by molar-refractivity contribution is 7.89. The lowest BCUT2D eigenvalue weighted by molar-refractivity contribution is -0.387. The number of nitrogens with one attached hydrogen (secondary N) is 2. The normalized spacial score (nSPS) is 11.6. The maximum atomic E-state index is 12.1. The molecular formula is C11H18N4O4S. The van der Waals surface area contributed by atoms with Gasteiger partial charge in [0.25, 0.3) is 5.69 Å². The van der Waals surface area contributed by atoms with E-state index in [-0.39, 0.29) is 17.1 Å². The SMILES string of the molecule is CC(C)CCNS(=O)(=O)c1ccc(NN)cc1[N+](=O)[O-]. The molecule has 1 rings (SSSR count). The van der Waals surface area contributed by atoms with Crippen molar-refractivity contribution < 1.29 is 13.3 Å². The molecule has 0 aliphatic carbocycles. The highest BCUT2D eigenvalue weighted by Crippen LogP contribution is 2.26. The van der Waals surface area contributed by atoms with E-state index in [1.807, 2.05) is 13.8 Å². The van der Waals surface area contributed by atoms with Gasteiger partial charge < -0.3 is 5.43 Å². The first-order valence-electron chi connectivity index (χ1n) is 6.02. The molecule has 0 radical (unpaired) electrons. The number of nitrogens with zero attached hydrogens (tertiary/aromatic N) is 1. The number of nitro groups is 1. The molecule has 0 aliphatic heterocycles. The van der Waals surface area contributed by atoms with Crippen molar-refractivity contribution in [2.75, 3.05) is 12.0 Å². The Balaban J connectivity index is 3.08. The van der Waals surface area contributed by atoms with Gasteiger partial charge in [-0.2, -0.15) is 0 Å². The summed E-state index contributed by atoms with van der Waals surface area (Å²) >= 11 is 0. The Morgan fingerprint density at radius 3 is 2.55 bits per heavy atom. The summed E-state index contributed by atoms with van der Waals surface area (Å²) in [5, 5.41) is 11.0. The second kappa shape index (κ2) is 6.64. The van der Waals surface area contributed by atoms with E-state index >= 15 is 0 Å². The highest BCUT2D eigenvalue weighted by Gasteiger charge is 2.25. The predicted molar refractivity (Wildman–Crippen MR) is 75.6 cm³/mol. The number of sulfonamides is 1. The Kier molecular flexibility index (Phi) is 5.43. The molecule has 4 N–H and O–H groups in total. The van der Waals surface area contributed by atoms with Gasteiger partial charge in [0.15, 0.2) is 4.90 Å². The lowest BCUT2D eigenvalue weighted by Gasteiger charge is -2.09. The van der Waals surface area contributed by atoms with Crippen molar-refractivity contribution in [1.82, 2.24) is 4.72 Å². The molecule has 0 saturated heterocycles. The van der Waals surface area contributed by atoms with E-state index in [1.54, 1.807) is 0 Å². The van der Waals surface area contributed by atoms with Crippen LogP contribution in [0.1, 0.15) is 20.3 Å². The molecule has 0 unspecified atom stereocenters. The summed E-state index contributed by atoms with van der Waals surface area (Å²) in [5.41, 5.74) is 1.98. The zero-order chi connectivity index (χ0) is 15.3. The number of anilines is 1. The van der Waals surface area contributed by atoms with Gasteiger partial charge in [-0.05, 0) is 24.5 Å². The summed E-state index contributed by atoms with van der Waals surface area (Å²) in [7, 11) is -3.92. The topological polar surface area (TPSA) is 127 Å². The number of rotatable bonds is 7. The Morgan fingerprint density at radius 1 is 1.40 bits per heavy atom. The Labute approximate surface area is 117 Å². The van der Waals surface area contributed by atoms with Crippen LogP contribution in [-0.2, 0) is 10.0 Å². The van der Waals surface area contributed by atoms with Crippen molar-refractivity contribution in [3.63, 3.8) is 0 Å². The van der Waals surface area contributed by atoms with Crippen LogP contribution >= 0.6 is 0 Å². The Hall–Kier alpha value is -1.71. The molecule has 0 amide bonds. The first-order chi connectivity index (χ1) is 9.27. The molecule has 20 heavy (non-hydrogen) atoms. The summed E-state index contributed by atoms with van der Waals surface area (Å²) < 4.78 is 26.5. The Bertz CT molecular complexity index is 586. The summed E-state index contributed by atoms with van der Waals surface area (Å²) in [5.74, 6) is 5.48. The second-order valence-corrected chi connectivity index (χ2v) is 6.40. The van der Waals surface area contributed by atoms with Crippen molar-refractivity contribution in [2.45, 2.75) is 25.2 Å². The van der Waals surface area contributed by atoms with Gasteiger partial charge in [-0.1, -0.05) is 13.8 Å². The van der Waals surface area contributed by atoms with Crippen molar-refractivity contribution in [3.8, 4) is 0 Å². The van der Waals surface area contributed by atoms with E-state index in [2.05, 4.69) is 10.1 Å². The molecule has 112 valence electrons. The number of nitrogens with two attached hydrogens (primary N) is 1. The van der Waals surface area contributed by atoms with Crippen LogP contribution in [-0.4, -0.2) is 19.9 Å². The van der Waals surface area contributed by atoms with Crippen LogP contribution < -0.4 is 16.0 Å². The molecule has 0 fully saturated rings. The molecule has 8 nitrogen and oxygen atoms in total. The maximum Gasteiger partial charge on any atom is 0.291 e. The van der Waals surface area contributed by atoms with Gasteiger partial charge >= 0.3 is 0 Å². The zero-order valence-corrected chi connectivity index (χ0v) is 12.1. The minimum atomic E-state index is -3.92. The van der Waals surface area contributed by atoms with Gasteiger partial charge in [0.1, 0.15) is 0 Å². The molecule has 0 aromatic heterocycles. The summed E-state index contributed by atoms with van der Waals surface area (Å²) in [6, 6.07) is 3.60. The summed E-state index contributed by atoms with van der Waals surface area (Å²) in [4.78, 5) is 9.84. The highest BCUT2D eigenvalue weighted by atomic mass is 32.2. The van der Waals surface area contributed by atoms with E-state index in [0.29, 0.717) is 12.3 Å². The first kappa shape index (κ1) is 16.3. The fourth-order valence-corrected chi connectivity index (χ4v) is 2.73. The fourth-order valence-electron chi connectivity index (χ4n) is 1.54. The predicted octanol–water partition coefficient (Wildman–Crippen LogP) is 1.20. The quantitative estimate of drug-likeness (QED) is 0.394. The van der Waals surface area contributed by atoms with Gasteiger partial charge in [0.05, 0.1) is 10.6 Å². The lowest BCUT2D eigenvalue weighted by atomic mass is 10.1. The summed E-state index contributed by atoms with van der Waals surface area (Å²) in [6.45, 7) is 4.14. The molecular weight excluding hydrogens is 284 g/mol. The van der Waals surface area contributed by atoms with E-state index in [1.165, 1.54) is 6.07 Å². The average Bonchev–Trinajstić information content (AvgIpc) is 2.37. The third-order valence-electron chi connectivity index (χ3n) is 2.63. The molecule has 9 heteroatoms. The van der Waals surface area contributed by atoms with Crippen molar-refractivity contribution in [1.29, 1.82) is 0 Å². The lowest BCUT2D eigenvalue weighted by Crippen LogP contribution is -2.26. The van der Waals surface area contributed by atoms with Gasteiger partial charge in [-0.15, -0.1) is 0 Å². The van der Waals surface area contributed by atoms with E-state index in [9.17, 15) is 18.5 Å². The standard InChI is InChI=1S/C11H18N4O4S/c1-8(2)5-6-13-20(18,19)11-4-3-9(14-12)7-10(11)15(16)17/h3-4,7-8,13-14H,5-6,12H2,1-2H3. The van der Waals surface area contributed by atoms with Gasteiger partial charge in [-0.3, -0.25) is 16.0 Å². The van der Waals surface area contributed by atoms with Crippen LogP contribution in [0.25, 0.3) is 0 Å². The van der Waals surface area contributed by atoms with Gasteiger partial charge in [0, 0.05) is 12.6 Å². The molecule has 0 bridgehead atoms. The Morgan fingerprint density at radius 2 is 2.05 bits per heavy atom. The third-order valence-corrected chi connectivity index (χ3v) is 4.13. The molecule has 0 spiro atoms. The van der Waals surface area contributed by atoms with Crippen molar-refractivity contribution in [3.05, 3.63) is 28.3 Å². The number of hydrazine groups is 1. The molecule has 0 saturated carbocycles. The van der Waals surface area contributed by atoms with Gasteiger partial charge in [0.2, 0.25) is 10.0 Å². The van der Waals surface area contributed by atoms with E-state index < -0.39 is 20.6 Å². The van der Waals surface area contributed by atoms with Crippen molar-refractivity contribution in [2.24, 2.45) is 11.8 Å². The van der Waals surface area contributed by atoms with E-state index in [0.717, 1.165) is 12.1 Å². The molecule has 0 heterocycles. The van der Waals surface area contributed by atoms with Crippen LogP contribution in [0.2, 0.25) is 0 Å². The smallest absolute Gasteiger partial charge is 0.291 e. The number of nitro benzene ring substituents is 1. The summed E-state index contributed by atoms with van der Waals surface area (Å²) in [6.07, 6.45) is 0.648. The van der Waals surface area contributed by atoms with Crippen LogP contribution in [0.15, 0.2) is 23.1 Å². The van der Waals surface area contributed by atoms with Gasteiger partial charge in [-0.25, -0.2) is 13.1 Å². The third kappa shape index (κ3) is 4.15. The monoisotopic (exact) mass is 302 g/mol. The van der Waals surface area contributed by atoms with E-state index in [4.69, 9.17) is 5.84 Å². The van der Waals surface area contributed by atoms with Crippen LogP contribution in [0.4, 0.5) is 11.4 Å². The first-order valence-corrected chi connectivity index (χ1v) is 7.51. The number of hydrogen-bond donors (Lipinski definition) is 3. The maximum absolute atomic E-state index is 12.1. The van der Waals surface area contributed by atoms with Crippen LogP contribution in [0.5, 0.6) is 0 Å². The minimum Gasteiger partial charge on any atom is -0.324 e. The fraction of sp³-hybridized carbons (Fsp3) is 0.455. The average molecular weight is 302 g/mol. The molecule has 0 atom stereocenters. The second-order valence-electron chi connectivity index (χ2n) is 4.66. The van der Waals surface area contributed by atoms with Crippen molar-refractivity contribution >= 4 is 21.4 Å². The van der Waals surface area contributed by atoms with Crippen LogP contribution in [0.3, 0.4) is 0 Å². The largest absolute Gasteiger partial charge is 0.324 e. The molecule has 1 aromatic rings. The van der Waals surface area contributed by atoms with Crippen LogP contribution in [0, 0.1) is 16.0 Å².